The molecule has 0 aromatic heterocycles. The van der Waals surface area contributed by atoms with E-state index in [1.807, 2.05) is 35.2 Å². The molecule has 0 fully saturated rings. The Morgan fingerprint density at radius 2 is 1.70 bits per heavy atom. The van der Waals surface area contributed by atoms with Crippen molar-refractivity contribution in [3.05, 3.63) is 66.0 Å². The topological polar surface area (TPSA) is 43.8 Å². The summed E-state index contributed by atoms with van der Waals surface area (Å²) in [4.78, 5) is 15.4. The van der Waals surface area contributed by atoms with Crippen LogP contribution in [0.2, 0.25) is 0 Å². The van der Waals surface area contributed by atoms with Gasteiger partial charge in [-0.25, -0.2) is 4.39 Å². The monoisotopic (exact) mass is 316 g/mol. The number of carbonyl (C=O) groups is 1. The first kappa shape index (κ1) is 17.0. The first-order chi connectivity index (χ1) is 11.0. The second-order valence-electron chi connectivity index (χ2n) is 5.57. The lowest BCUT2D eigenvalue weighted by Crippen LogP contribution is -2.38. The summed E-state index contributed by atoms with van der Waals surface area (Å²) < 4.78 is 13.0. The first-order valence-corrected chi connectivity index (χ1v) is 7.41. The van der Waals surface area contributed by atoms with Gasteiger partial charge in [0.05, 0.1) is 12.6 Å². The molecule has 0 saturated heterocycles. The highest BCUT2D eigenvalue weighted by atomic mass is 19.1. The van der Waals surface area contributed by atoms with Crippen molar-refractivity contribution in [3.63, 3.8) is 0 Å². The van der Waals surface area contributed by atoms with Crippen LogP contribution in [-0.2, 0) is 4.79 Å². The second kappa shape index (κ2) is 7.74. The van der Waals surface area contributed by atoms with Crippen molar-refractivity contribution in [2.45, 2.75) is 6.10 Å². The highest BCUT2D eigenvalue weighted by Gasteiger charge is 2.18. The number of rotatable bonds is 6. The molecule has 2 aromatic rings. The van der Waals surface area contributed by atoms with Gasteiger partial charge in [-0.15, -0.1) is 0 Å². The molecular formula is C18H21FN2O2. The molecule has 1 atom stereocenters. The van der Waals surface area contributed by atoms with Crippen molar-refractivity contribution in [2.24, 2.45) is 0 Å². The van der Waals surface area contributed by atoms with Crippen LogP contribution in [0.3, 0.4) is 0 Å². The fourth-order valence-electron chi connectivity index (χ4n) is 2.20. The average Bonchev–Trinajstić information content (AvgIpc) is 2.55. The molecule has 0 aliphatic carbocycles. The number of hydrogen-bond donors (Lipinski definition) is 1. The third-order valence-corrected chi connectivity index (χ3v) is 3.59. The lowest BCUT2D eigenvalue weighted by Gasteiger charge is -2.28. The maximum Gasteiger partial charge on any atom is 0.241 e. The Balaban J connectivity index is 2.16. The Hall–Kier alpha value is -2.40. The number of hydrogen-bond acceptors (Lipinski definition) is 3. The summed E-state index contributed by atoms with van der Waals surface area (Å²) in [5.41, 5.74) is 1.47. The number of nitrogens with zero attached hydrogens (tertiary/aromatic N) is 2. The zero-order valence-corrected chi connectivity index (χ0v) is 13.3. The minimum absolute atomic E-state index is 0.0554. The Morgan fingerprint density at radius 3 is 2.26 bits per heavy atom. The number of halogens is 1. The average molecular weight is 316 g/mol. The Bertz CT molecular complexity index is 629. The largest absolute Gasteiger partial charge is 0.387 e. The minimum Gasteiger partial charge on any atom is -0.387 e. The third-order valence-electron chi connectivity index (χ3n) is 3.59. The van der Waals surface area contributed by atoms with Crippen LogP contribution < -0.4 is 4.90 Å². The fraction of sp³-hybridized carbons (Fsp3) is 0.278. The van der Waals surface area contributed by atoms with Crippen LogP contribution >= 0.6 is 0 Å². The van der Waals surface area contributed by atoms with Crippen molar-refractivity contribution < 1.29 is 14.3 Å². The quantitative estimate of drug-likeness (QED) is 0.890. The number of carbonyl (C=O) groups excluding carboxylic acids is 1. The maximum atomic E-state index is 13.0. The van der Waals surface area contributed by atoms with Crippen molar-refractivity contribution in [2.75, 3.05) is 32.1 Å². The van der Waals surface area contributed by atoms with E-state index >= 15 is 0 Å². The first-order valence-electron chi connectivity index (χ1n) is 7.41. The normalized spacial score (nSPS) is 11.8. The number of aliphatic hydroxyl groups is 1. The fourth-order valence-corrected chi connectivity index (χ4v) is 2.20. The van der Waals surface area contributed by atoms with Crippen molar-refractivity contribution in [1.29, 1.82) is 0 Å². The van der Waals surface area contributed by atoms with Gasteiger partial charge in [-0.2, -0.15) is 0 Å². The molecule has 1 N–H and O–H groups in total. The van der Waals surface area contributed by atoms with E-state index in [0.717, 1.165) is 5.69 Å². The third kappa shape index (κ3) is 4.79. The van der Waals surface area contributed by atoms with Crippen LogP contribution in [0.4, 0.5) is 10.1 Å². The van der Waals surface area contributed by atoms with Crippen molar-refractivity contribution in [1.82, 2.24) is 4.90 Å². The van der Waals surface area contributed by atoms with Crippen LogP contribution in [0.15, 0.2) is 54.6 Å². The molecule has 4 nitrogen and oxygen atoms in total. The van der Waals surface area contributed by atoms with E-state index in [1.54, 1.807) is 26.2 Å². The molecule has 0 bridgehead atoms. The van der Waals surface area contributed by atoms with Gasteiger partial charge in [0.1, 0.15) is 5.82 Å². The summed E-state index contributed by atoms with van der Waals surface area (Å²) in [6.07, 6.45) is -0.814. The number of amides is 1. The van der Waals surface area contributed by atoms with E-state index in [4.69, 9.17) is 0 Å². The van der Waals surface area contributed by atoms with E-state index in [1.165, 1.54) is 17.0 Å². The molecule has 0 radical (unpaired) electrons. The van der Waals surface area contributed by atoms with Gasteiger partial charge in [0.25, 0.3) is 0 Å². The number of likely N-dealkylation sites (N-methyl/N-ethyl adjacent to an activating group) is 1. The highest BCUT2D eigenvalue weighted by Crippen LogP contribution is 2.20. The van der Waals surface area contributed by atoms with E-state index in [2.05, 4.69) is 0 Å². The zero-order chi connectivity index (χ0) is 16.8. The number of aliphatic hydroxyl groups excluding tert-OH is 1. The van der Waals surface area contributed by atoms with Gasteiger partial charge in [-0.1, -0.05) is 30.3 Å². The molecule has 2 rings (SSSR count). The molecule has 1 unspecified atom stereocenters. The van der Waals surface area contributed by atoms with Crippen LogP contribution in [0.1, 0.15) is 11.7 Å². The molecule has 0 aliphatic rings. The number of para-hydroxylation sites is 1. The van der Waals surface area contributed by atoms with Crippen LogP contribution in [0.25, 0.3) is 0 Å². The summed E-state index contributed by atoms with van der Waals surface area (Å²) in [5, 5.41) is 10.4. The van der Waals surface area contributed by atoms with E-state index in [0.29, 0.717) is 5.56 Å². The lowest BCUT2D eigenvalue weighted by atomic mass is 10.1. The molecule has 5 heteroatoms. The van der Waals surface area contributed by atoms with Gasteiger partial charge in [0, 0.05) is 26.3 Å². The van der Waals surface area contributed by atoms with Crippen molar-refractivity contribution >= 4 is 11.6 Å². The van der Waals surface area contributed by atoms with Gasteiger partial charge >= 0.3 is 0 Å². The van der Waals surface area contributed by atoms with Gasteiger partial charge in [-0.3, -0.25) is 4.79 Å². The molecule has 0 saturated carbocycles. The van der Waals surface area contributed by atoms with Gasteiger partial charge in [0.15, 0.2) is 0 Å². The molecule has 0 heterocycles. The standard InChI is InChI=1S/C18H21FN2O2/c1-20(2)18(23)13-21(16-6-4-3-5-7-16)12-17(22)14-8-10-15(19)11-9-14/h3-11,17,22H,12-13H2,1-2H3. The maximum absolute atomic E-state index is 13.0. The highest BCUT2D eigenvalue weighted by molar-refractivity contribution is 5.81. The number of anilines is 1. The predicted octanol–water partition coefficient (Wildman–Crippen LogP) is 2.45. The molecule has 23 heavy (non-hydrogen) atoms. The summed E-state index contributed by atoms with van der Waals surface area (Å²) in [5.74, 6) is -0.399. The summed E-state index contributed by atoms with van der Waals surface area (Å²) >= 11 is 0. The summed E-state index contributed by atoms with van der Waals surface area (Å²) in [6.45, 7) is 0.407. The SMILES string of the molecule is CN(C)C(=O)CN(CC(O)c1ccc(F)cc1)c1ccccc1. The van der Waals surface area contributed by atoms with Gasteiger partial charge in [-0.05, 0) is 29.8 Å². The van der Waals surface area contributed by atoms with Gasteiger partial charge < -0.3 is 14.9 Å². The van der Waals surface area contributed by atoms with Crippen LogP contribution in [-0.4, -0.2) is 43.1 Å². The second-order valence-corrected chi connectivity index (χ2v) is 5.57. The van der Waals surface area contributed by atoms with Gasteiger partial charge in [0.2, 0.25) is 5.91 Å². The smallest absolute Gasteiger partial charge is 0.241 e. The Kier molecular flexibility index (Phi) is 5.71. The van der Waals surface area contributed by atoms with E-state index in [-0.39, 0.29) is 24.8 Å². The Labute approximate surface area is 135 Å². The van der Waals surface area contributed by atoms with Crippen molar-refractivity contribution in [3.8, 4) is 0 Å². The number of benzene rings is 2. The zero-order valence-electron chi connectivity index (χ0n) is 13.3. The van der Waals surface area contributed by atoms with E-state index in [9.17, 15) is 14.3 Å². The van der Waals surface area contributed by atoms with Crippen LogP contribution in [0.5, 0.6) is 0 Å². The summed E-state index contributed by atoms with van der Waals surface area (Å²) in [7, 11) is 3.39. The molecule has 122 valence electrons. The van der Waals surface area contributed by atoms with Crippen LogP contribution in [0, 0.1) is 5.82 Å². The minimum atomic E-state index is -0.814. The molecule has 0 aliphatic heterocycles. The lowest BCUT2D eigenvalue weighted by molar-refractivity contribution is -0.127. The molecule has 2 aromatic carbocycles. The Morgan fingerprint density at radius 1 is 1.09 bits per heavy atom. The summed E-state index contributed by atoms with van der Waals surface area (Å²) in [6, 6.07) is 15.2. The molecular weight excluding hydrogens is 295 g/mol. The van der Waals surface area contributed by atoms with E-state index < -0.39 is 6.10 Å². The predicted molar refractivity (Wildman–Crippen MR) is 88.7 cm³/mol. The molecule has 0 spiro atoms. The molecule has 1 amide bonds.